The monoisotopic (exact) mass is 314 g/mol. The van der Waals surface area contributed by atoms with Crippen molar-refractivity contribution in [3.63, 3.8) is 0 Å². The lowest BCUT2D eigenvalue weighted by atomic mass is 9.85. The van der Waals surface area contributed by atoms with E-state index in [4.69, 9.17) is 0 Å². The molecule has 0 heterocycles. The van der Waals surface area contributed by atoms with E-state index in [0.717, 1.165) is 5.56 Å². The third-order valence-corrected chi connectivity index (χ3v) is 4.07. The number of benzene rings is 1. The molecule has 1 aromatic rings. The summed E-state index contributed by atoms with van der Waals surface area (Å²) in [6, 6.07) is 8.76. The van der Waals surface area contributed by atoms with Gasteiger partial charge in [0.1, 0.15) is 0 Å². The van der Waals surface area contributed by atoms with Crippen LogP contribution in [0, 0.1) is 5.92 Å². The lowest BCUT2D eigenvalue weighted by molar-refractivity contribution is -0.183. The first-order chi connectivity index (χ1) is 10.4. The third kappa shape index (κ3) is 4.64. The van der Waals surface area contributed by atoms with Gasteiger partial charge in [-0.25, -0.2) is 4.79 Å². The molecular formula is C16H21F3N2O. The summed E-state index contributed by atoms with van der Waals surface area (Å²) in [5, 5.41) is 2.73. The highest BCUT2D eigenvalue weighted by Gasteiger charge is 2.42. The molecule has 1 aliphatic carbocycles. The first-order valence-electron chi connectivity index (χ1n) is 7.48. The highest BCUT2D eigenvalue weighted by molar-refractivity contribution is 5.74. The van der Waals surface area contributed by atoms with Crippen LogP contribution in [0.15, 0.2) is 30.3 Å². The molecule has 1 aromatic carbocycles. The Kier molecular flexibility index (Phi) is 5.32. The molecule has 2 rings (SSSR count). The molecule has 122 valence electrons. The molecule has 3 nitrogen and oxygen atoms in total. The summed E-state index contributed by atoms with van der Waals surface area (Å²) in [6.07, 6.45) is -2.92. The second-order valence-corrected chi connectivity index (χ2v) is 5.89. The maximum Gasteiger partial charge on any atom is 0.391 e. The molecule has 0 radical (unpaired) electrons. The van der Waals surface area contributed by atoms with Gasteiger partial charge >= 0.3 is 12.2 Å². The number of nitrogens with zero attached hydrogens (tertiary/aromatic N) is 1. The predicted molar refractivity (Wildman–Crippen MR) is 78.2 cm³/mol. The van der Waals surface area contributed by atoms with Crippen molar-refractivity contribution in [3.8, 4) is 0 Å². The fourth-order valence-electron chi connectivity index (χ4n) is 2.83. The second-order valence-electron chi connectivity index (χ2n) is 5.89. The van der Waals surface area contributed by atoms with Crippen LogP contribution < -0.4 is 5.32 Å². The van der Waals surface area contributed by atoms with E-state index in [2.05, 4.69) is 5.32 Å². The predicted octanol–water partition coefficient (Wildman–Crippen LogP) is 3.95. The van der Waals surface area contributed by atoms with Gasteiger partial charge in [-0.2, -0.15) is 13.2 Å². The van der Waals surface area contributed by atoms with Gasteiger partial charge in [0, 0.05) is 19.6 Å². The van der Waals surface area contributed by atoms with Crippen molar-refractivity contribution in [2.45, 2.75) is 44.4 Å². The molecule has 0 spiro atoms. The first-order valence-corrected chi connectivity index (χ1v) is 7.48. The number of carbonyl (C=O) groups excluding carboxylic acids is 1. The van der Waals surface area contributed by atoms with Crippen LogP contribution >= 0.6 is 0 Å². The average Bonchev–Trinajstić information content (AvgIpc) is 2.47. The Morgan fingerprint density at radius 1 is 1.27 bits per heavy atom. The molecule has 1 saturated carbocycles. The summed E-state index contributed by atoms with van der Waals surface area (Å²) in [5.41, 5.74) is 0.983. The number of amides is 2. The van der Waals surface area contributed by atoms with Crippen LogP contribution in [0.25, 0.3) is 0 Å². The van der Waals surface area contributed by atoms with Gasteiger partial charge < -0.3 is 10.2 Å². The number of carbonyl (C=O) groups is 1. The van der Waals surface area contributed by atoms with Crippen LogP contribution in [0.1, 0.15) is 31.2 Å². The van der Waals surface area contributed by atoms with Gasteiger partial charge in [0.15, 0.2) is 0 Å². The number of hydrogen-bond acceptors (Lipinski definition) is 1. The summed E-state index contributed by atoms with van der Waals surface area (Å²) in [4.78, 5) is 13.6. The summed E-state index contributed by atoms with van der Waals surface area (Å²) >= 11 is 0. The summed E-state index contributed by atoms with van der Waals surface area (Å²) in [5.74, 6) is -1.30. The fourth-order valence-corrected chi connectivity index (χ4v) is 2.83. The van der Waals surface area contributed by atoms with E-state index in [-0.39, 0.29) is 18.9 Å². The van der Waals surface area contributed by atoms with Gasteiger partial charge in [-0.05, 0) is 24.8 Å². The minimum atomic E-state index is -4.17. The van der Waals surface area contributed by atoms with Crippen molar-refractivity contribution in [2.24, 2.45) is 5.92 Å². The Morgan fingerprint density at radius 3 is 2.59 bits per heavy atom. The number of hydrogen-bond donors (Lipinski definition) is 1. The lowest BCUT2D eigenvalue weighted by Crippen LogP contribution is -2.46. The minimum absolute atomic E-state index is 0.0194. The van der Waals surface area contributed by atoms with Crippen LogP contribution in [0.2, 0.25) is 0 Å². The van der Waals surface area contributed by atoms with Crippen molar-refractivity contribution in [2.75, 3.05) is 7.05 Å². The molecule has 0 unspecified atom stereocenters. The molecule has 1 N–H and O–H groups in total. The van der Waals surface area contributed by atoms with Gasteiger partial charge in [-0.1, -0.05) is 36.8 Å². The highest BCUT2D eigenvalue weighted by atomic mass is 19.4. The molecule has 0 aromatic heterocycles. The van der Waals surface area contributed by atoms with Crippen molar-refractivity contribution in [1.29, 1.82) is 0 Å². The van der Waals surface area contributed by atoms with E-state index >= 15 is 0 Å². The zero-order chi connectivity index (χ0) is 16.2. The van der Waals surface area contributed by atoms with Crippen molar-refractivity contribution in [3.05, 3.63) is 35.9 Å². The Labute approximate surface area is 128 Å². The SMILES string of the molecule is CN(Cc1ccccc1)C(=O)N[C@H]1CCC[C@H](C(F)(F)F)C1. The molecule has 0 saturated heterocycles. The molecule has 0 aliphatic heterocycles. The molecule has 6 heteroatoms. The summed E-state index contributed by atoms with van der Waals surface area (Å²) in [6.45, 7) is 0.433. The molecule has 22 heavy (non-hydrogen) atoms. The molecule has 1 aliphatic rings. The van der Waals surface area contributed by atoms with Crippen LogP contribution in [-0.2, 0) is 6.54 Å². The first kappa shape index (κ1) is 16.6. The third-order valence-electron chi connectivity index (χ3n) is 4.07. The quantitative estimate of drug-likeness (QED) is 0.900. The maximum absolute atomic E-state index is 12.8. The standard InChI is InChI=1S/C16H21F3N2O/c1-21(11-12-6-3-2-4-7-12)15(22)20-14-9-5-8-13(10-14)16(17,18)19/h2-4,6-7,13-14H,5,8-11H2,1H3,(H,20,22)/t13-,14-/m0/s1. The zero-order valence-electron chi connectivity index (χ0n) is 12.6. The van der Waals surface area contributed by atoms with E-state index in [1.165, 1.54) is 4.90 Å². The number of alkyl halides is 3. The Balaban J connectivity index is 1.86. The molecular weight excluding hydrogens is 293 g/mol. The summed E-state index contributed by atoms with van der Waals surface area (Å²) in [7, 11) is 1.65. The van der Waals surface area contributed by atoms with Gasteiger partial charge in [0.05, 0.1) is 5.92 Å². The smallest absolute Gasteiger partial charge is 0.335 e. The number of urea groups is 1. The molecule has 0 bridgehead atoms. The van der Waals surface area contributed by atoms with E-state index in [1.54, 1.807) is 7.05 Å². The van der Waals surface area contributed by atoms with Gasteiger partial charge in [0.25, 0.3) is 0 Å². The molecule has 2 atom stereocenters. The van der Waals surface area contributed by atoms with Crippen molar-refractivity contribution in [1.82, 2.24) is 10.2 Å². The van der Waals surface area contributed by atoms with Crippen LogP contribution in [0.3, 0.4) is 0 Å². The van der Waals surface area contributed by atoms with Gasteiger partial charge in [-0.15, -0.1) is 0 Å². The molecule has 2 amide bonds. The maximum atomic E-state index is 12.8. The van der Waals surface area contributed by atoms with Crippen LogP contribution in [0.5, 0.6) is 0 Å². The van der Waals surface area contributed by atoms with Crippen molar-refractivity contribution < 1.29 is 18.0 Å². The van der Waals surface area contributed by atoms with Crippen molar-refractivity contribution >= 4 is 6.03 Å². The van der Waals surface area contributed by atoms with Gasteiger partial charge in [-0.3, -0.25) is 0 Å². The Hall–Kier alpha value is -1.72. The van der Waals surface area contributed by atoms with E-state index in [1.807, 2.05) is 30.3 Å². The Bertz CT molecular complexity index is 490. The Morgan fingerprint density at radius 2 is 1.95 bits per heavy atom. The van der Waals surface area contributed by atoms with E-state index < -0.39 is 18.1 Å². The molecule has 1 fully saturated rings. The lowest BCUT2D eigenvalue weighted by Gasteiger charge is -2.32. The van der Waals surface area contributed by atoms with E-state index in [0.29, 0.717) is 19.4 Å². The fraction of sp³-hybridized carbons (Fsp3) is 0.562. The largest absolute Gasteiger partial charge is 0.391 e. The van der Waals surface area contributed by atoms with Crippen LogP contribution in [-0.4, -0.2) is 30.2 Å². The minimum Gasteiger partial charge on any atom is -0.335 e. The van der Waals surface area contributed by atoms with Gasteiger partial charge in [0.2, 0.25) is 0 Å². The number of rotatable bonds is 3. The summed E-state index contributed by atoms with van der Waals surface area (Å²) < 4.78 is 38.3. The normalized spacial score (nSPS) is 22.2. The average molecular weight is 314 g/mol. The second kappa shape index (κ2) is 7.03. The van der Waals surface area contributed by atoms with E-state index in [9.17, 15) is 18.0 Å². The van der Waals surface area contributed by atoms with Crippen LogP contribution in [0.4, 0.5) is 18.0 Å². The zero-order valence-corrected chi connectivity index (χ0v) is 12.6. The number of halogens is 3. The topological polar surface area (TPSA) is 32.3 Å². The highest BCUT2D eigenvalue weighted by Crippen LogP contribution is 2.37. The number of nitrogens with one attached hydrogen (secondary N) is 1.